The van der Waals surface area contributed by atoms with Gasteiger partial charge in [0.05, 0.1) is 6.10 Å². The van der Waals surface area contributed by atoms with Crippen LogP contribution in [0.2, 0.25) is 0 Å². The Morgan fingerprint density at radius 3 is 2.40 bits per heavy atom. The number of hydrogen-bond donors (Lipinski definition) is 1. The summed E-state index contributed by atoms with van der Waals surface area (Å²) >= 11 is 0. The van der Waals surface area contributed by atoms with E-state index in [4.69, 9.17) is 0 Å². The maximum Gasteiger partial charge on any atom is 0.0571 e. The number of aliphatic hydroxyl groups is 1. The molecule has 0 amide bonds. The van der Waals surface area contributed by atoms with Crippen molar-refractivity contribution < 1.29 is 5.11 Å². The van der Waals surface area contributed by atoms with E-state index >= 15 is 0 Å². The molecule has 0 saturated heterocycles. The summed E-state index contributed by atoms with van der Waals surface area (Å²) < 4.78 is 0. The fourth-order valence-corrected chi connectivity index (χ4v) is 2.25. The third-order valence-corrected chi connectivity index (χ3v) is 3.50. The Labute approximate surface area is 92.1 Å². The van der Waals surface area contributed by atoms with Crippen LogP contribution < -0.4 is 0 Å². The van der Waals surface area contributed by atoms with Crippen molar-refractivity contribution in [3.63, 3.8) is 0 Å². The Morgan fingerprint density at radius 1 is 1.27 bits per heavy atom. The van der Waals surface area contributed by atoms with Crippen LogP contribution in [0.3, 0.4) is 0 Å². The third kappa shape index (κ3) is 2.60. The van der Waals surface area contributed by atoms with Gasteiger partial charge in [-0.1, -0.05) is 18.2 Å². The monoisotopic (exact) mass is 204 g/mol. The highest BCUT2D eigenvalue weighted by Crippen LogP contribution is 2.34. The van der Waals surface area contributed by atoms with Crippen molar-refractivity contribution >= 4 is 0 Å². The lowest BCUT2D eigenvalue weighted by Gasteiger charge is -2.12. The maximum absolute atomic E-state index is 9.83. The Kier molecular flexibility index (Phi) is 3.11. The SMILES string of the molecule is Cc1cccc(C)c1CCC(O)C1CC1. The predicted octanol–water partition coefficient (Wildman–Crippen LogP) is 3.01. The second kappa shape index (κ2) is 4.36. The van der Waals surface area contributed by atoms with E-state index in [1.54, 1.807) is 0 Å². The molecule has 0 radical (unpaired) electrons. The van der Waals surface area contributed by atoms with Crippen molar-refractivity contribution in [3.8, 4) is 0 Å². The van der Waals surface area contributed by atoms with Crippen LogP contribution in [0.5, 0.6) is 0 Å². The van der Waals surface area contributed by atoms with Gasteiger partial charge in [0.1, 0.15) is 0 Å². The van der Waals surface area contributed by atoms with E-state index in [0.29, 0.717) is 5.92 Å². The smallest absolute Gasteiger partial charge is 0.0571 e. The van der Waals surface area contributed by atoms with Gasteiger partial charge in [0.15, 0.2) is 0 Å². The minimum absolute atomic E-state index is 0.0657. The van der Waals surface area contributed by atoms with E-state index in [1.807, 2.05) is 0 Å². The van der Waals surface area contributed by atoms with Crippen molar-refractivity contribution in [3.05, 3.63) is 34.9 Å². The van der Waals surface area contributed by atoms with E-state index < -0.39 is 0 Å². The van der Waals surface area contributed by atoms with Gasteiger partial charge in [-0.05, 0) is 62.1 Å². The molecule has 0 spiro atoms. The Morgan fingerprint density at radius 2 is 1.87 bits per heavy atom. The van der Waals surface area contributed by atoms with E-state index in [9.17, 15) is 5.11 Å². The van der Waals surface area contributed by atoms with Gasteiger partial charge < -0.3 is 5.11 Å². The average Bonchev–Trinajstić information content (AvgIpc) is 2.99. The number of hydrogen-bond acceptors (Lipinski definition) is 1. The summed E-state index contributed by atoms with van der Waals surface area (Å²) in [4.78, 5) is 0. The molecule has 82 valence electrons. The van der Waals surface area contributed by atoms with Crippen LogP contribution in [-0.4, -0.2) is 11.2 Å². The van der Waals surface area contributed by atoms with Crippen LogP contribution >= 0.6 is 0 Å². The van der Waals surface area contributed by atoms with Crippen LogP contribution in [0.4, 0.5) is 0 Å². The zero-order valence-corrected chi connectivity index (χ0v) is 9.66. The standard InChI is InChI=1S/C14H20O/c1-10-4-3-5-11(2)13(10)8-9-14(15)12-6-7-12/h3-5,12,14-15H,6-9H2,1-2H3. The molecule has 0 bridgehead atoms. The summed E-state index contributed by atoms with van der Waals surface area (Å²) in [5.74, 6) is 0.606. The van der Waals surface area contributed by atoms with E-state index in [0.717, 1.165) is 12.8 Å². The summed E-state index contributed by atoms with van der Waals surface area (Å²) in [5, 5.41) is 9.83. The number of aryl methyl sites for hydroxylation is 2. The van der Waals surface area contributed by atoms with Crippen molar-refractivity contribution in [2.75, 3.05) is 0 Å². The van der Waals surface area contributed by atoms with E-state index in [2.05, 4.69) is 32.0 Å². The molecule has 0 heterocycles. The Balaban J connectivity index is 1.97. The predicted molar refractivity (Wildman–Crippen MR) is 63.0 cm³/mol. The molecule has 1 saturated carbocycles. The van der Waals surface area contributed by atoms with Gasteiger partial charge in [-0.2, -0.15) is 0 Å². The first-order chi connectivity index (χ1) is 7.18. The molecule has 1 nitrogen and oxygen atoms in total. The largest absolute Gasteiger partial charge is 0.393 e. The highest BCUT2D eigenvalue weighted by atomic mass is 16.3. The minimum Gasteiger partial charge on any atom is -0.393 e. The molecule has 1 aliphatic rings. The lowest BCUT2D eigenvalue weighted by Crippen LogP contribution is -2.11. The lowest BCUT2D eigenvalue weighted by molar-refractivity contribution is 0.142. The zero-order valence-electron chi connectivity index (χ0n) is 9.66. The topological polar surface area (TPSA) is 20.2 Å². The fourth-order valence-electron chi connectivity index (χ4n) is 2.25. The summed E-state index contributed by atoms with van der Waals surface area (Å²) in [6.45, 7) is 4.32. The molecule has 1 unspecified atom stereocenters. The summed E-state index contributed by atoms with van der Waals surface area (Å²) in [6, 6.07) is 6.42. The van der Waals surface area contributed by atoms with Crippen LogP contribution in [0, 0.1) is 19.8 Å². The minimum atomic E-state index is -0.0657. The molecule has 1 fully saturated rings. The second-order valence-electron chi connectivity index (χ2n) is 4.81. The van der Waals surface area contributed by atoms with Gasteiger partial charge in [0.2, 0.25) is 0 Å². The quantitative estimate of drug-likeness (QED) is 0.799. The summed E-state index contributed by atoms with van der Waals surface area (Å²) in [6.07, 6.45) is 4.35. The molecule has 1 N–H and O–H groups in total. The lowest BCUT2D eigenvalue weighted by atomic mass is 9.96. The molecule has 0 aliphatic heterocycles. The van der Waals surface area contributed by atoms with Crippen molar-refractivity contribution in [2.45, 2.75) is 45.6 Å². The molecule has 1 heteroatoms. The van der Waals surface area contributed by atoms with Crippen LogP contribution in [0.1, 0.15) is 36.0 Å². The first kappa shape index (κ1) is 10.7. The van der Waals surface area contributed by atoms with Gasteiger partial charge >= 0.3 is 0 Å². The van der Waals surface area contributed by atoms with Crippen LogP contribution in [0.25, 0.3) is 0 Å². The first-order valence-electron chi connectivity index (χ1n) is 5.91. The van der Waals surface area contributed by atoms with E-state index in [1.165, 1.54) is 29.5 Å². The molecule has 1 aromatic rings. The first-order valence-corrected chi connectivity index (χ1v) is 5.91. The highest BCUT2D eigenvalue weighted by molar-refractivity contribution is 5.33. The Hall–Kier alpha value is -0.820. The molecular formula is C14H20O. The number of benzene rings is 1. The molecule has 2 rings (SSSR count). The van der Waals surface area contributed by atoms with Gasteiger partial charge in [0.25, 0.3) is 0 Å². The zero-order chi connectivity index (χ0) is 10.8. The molecule has 1 aromatic carbocycles. The van der Waals surface area contributed by atoms with E-state index in [-0.39, 0.29) is 6.10 Å². The van der Waals surface area contributed by atoms with Crippen molar-refractivity contribution in [1.29, 1.82) is 0 Å². The molecule has 1 aliphatic carbocycles. The van der Waals surface area contributed by atoms with Gasteiger partial charge in [-0.25, -0.2) is 0 Å². The molecular weight excluding hydrogens is 184 g/mol. The van der Waals surface area contributed by atoms with Gasteiger partial charge in [-0.3, -0.25) is 0 Å². The normalized spacial score (nSPS) is 17.8. The average molecular weight is 204 g/mol. The van der Waals surface area contributed by atoms with Gasteiger partial charge in [-0.15, -0.1) is 0 Å². The van der Waals surface area contributed by atoms with Crippen molar-refractivity contribution in [1.82, 2.24) is 0 Å². The second-order valence-corrected chi connectivity index (χ2v) is 4.81. The summed E-state index contributed by atoms with van der Waals surface area (Å²) in [7, 11) is 0. The third-order valence-electron chi connectivity index (χ3n) is 3.50. The number of aliphatic hydroxyl groups excluding tert-OH is 1. The molecule has 0 aromatic heterocycles. The van der Waals surface area contributed by atoms with Gasteiger partial charge in [0, 0.05) is 0 Å². The molecule has 15 heavy (non-hydrogen) atoms. The number of rotatable bonds is 4. The molecule has 1 atom stereocenters. The van der Waals surface area contributed by atoms with Crippen LogP contribution in [0.15, 0.2) is 18.2 Å². The van der Waals surface area contributed by atoms with Crippen molar-refractivity contribution in [2.24, 2.45) is 5.92 Å². The highest BCUT2D eigenvalue weighted by Gasteiger charge is 2.29. The Bertz CT molecular complexity index is 319. The summed E-state index contributed by atoms with van der Waals surface area (Å²) in [5.41, 5.74) is 4.15. The maximum atomic E-state index is 9.83. The van der Waals surface area contributed by atoms with Crippen LogP contribution in [-0.2, 0) is 6.42 Å². The fraction of sp³-hybridized carbons (Fsp3) is 0.571.